The van der Waals surface area contributed by atoms with Crippen LogP contribution in [-0.2, 0) is 4.79 Å². The molecule has 0 unspecified atom stereocenters. The van der Waals surface area contributed by atoms with E-state index >= 15 is 0 Å². The second-order valence-electron chi connectivity index (χ2n) is 4.17. The molecule has 2 rings (SSSR count). The standard InChI is InChI=1S/C15H15BrN2O2/c1-18(13-5-3-2-4-6-13)17-15(19)11-20-14-9-7-12(16)8-10-14/h2-10H,11H2,1H3,(H,17,19). The van der Waals surface area contributed by atoms with Crippen LogP contribution < -0.4 is 15.2 Å². The molecule has 0 heterocycles. The molecule has 0 saturated carbocycles. The van der Waals surface area contributed by atoms with Crippen molar-refractivity contribution in [2.45, 2.75) is 0 Å². The van der Waals surface area contributed by atoms with E-state index in [1.54, 1.807) is 24.2 Å². The van der Waals surface area contributed by atoms with Gasteiger partial charge >= 0.3 is 0 Å². The van der Waals surface area contributed by atoms with Gasteiger partial charge in [0.15, 0.2) is 6.61 Å². The summed E-state index contributed by atoms with van der Waals surface area (Å²) in [4.78, 5) is 11.8. The number of ether oxygens (including phenoxy) is 1. The summed E-state index contributed by atoms with van der Waals surface area (Å²) in [5.74, 6) is 0.449. The number of halogens is 1. The van der Waals surface area contributed by atoms with Gasteiger partial charge in [0.05, 0.1) is 5.69 Å². The van der Waals surface area contributed by atoms with E-state index in [0.717, 1.165) is 10.2 Å². The average molecular weight is 335 g/mol. The highest BCUT2D eigenvalue weighted by Crippen LogP contribution is 2.16. The van der Waals surface area contributed by atoms with Crippen LogP contribution in [0.3, 0.4) is 0 Å². The van der Waals surface area contributed by atoms with Crippen molar-refractivity contribution in [3.63, 3.8) is 0 Å². The van der Waals surface area contributed by atoms with Crippen molar-refractivity contribution in [3.8, 4) is 5.75 Å². The molecule has 0 saturated heterocycles. The van der Waals surface area contributed by atoms with E-state index < -0.39 is 0 Å². The van der Waals surface area contributed by atoms with Crippen LogP contribution in [0.25, 0.3) is 0 Å². The van der Waals surface area contributed by atoms with E-state index in [9.17, 15) is 4.79 Å². The van der Waals surface area contributed by atoms with E-state index in [-0.39, 0.29) is 12.5 Å². The zero-order valence-corrected chi connectivity index (χ0v) is 12.6. The number of amides is 1. The molecule has 0 atom stereocenters. The third-order valence-electron chi connectivity index (χ3n) is 2.62. The van der Waals surface area contributed by atoms with Crippen molar-refractivity contribution in [1.29, 1.82) is 0 Å². The number of carbonyl (C=O) groups is 1. The summed E-state index contributed by atoms with van der Waals surface area (Å²) in [5.41, 5.74) is 3.64. The predicted octanol–water partition coefficient (Wildman–Crippen LogP) is 3.00. The van der Waals surface area contributed by atoms with Crippen molar-refractivity contribution in [3.05, 3.63) is 59.1 Å². The molecule has 1 N–H and O–H groups in total. The Hall–Kier alpha value is -2.01. The van der Waals surface area contributed by atoms with Crippen LogP contribution >= 0.6 is 15.9 Å². The number of hydrazine groups is 1. The highest BCUT2D eigenvalue weighted by Gasteiger charge is 2.06. The molecule has 2 aromatic carbocycles. The van der Waals surface area contributed by atoms with Gasteiger partial charge in [-0.1, -0.05) is 34.1 Å². The van der Waals surface area contributed by atoms with Gasteiger partial charge in [0, 0.05) is 11.5 Å². The Kier molecular flexibility index (Phi) is 5.01. The number of hydrogen-bond donors (Lipinski definition) is 1. The quantitative estimate of drug-likeness (QED) is 0.854. The SMILES string of the molecule is CN(NC(=O)COc1ccc(Br)cc1)c1ccccc1. The Labute approximate surface area is 126 Å². The van der Waals surface area contributed by atoms with Crippen LogP contribution in [0.1, 0.15) is 0 Å². The summed E-state index contributed by atoms with van der Waals surface area (Å²) >= 11 is 3.34. The lowest BCUT2D eigenvalue weighted by molar-refractivity contribution is -0.123. The highest BCUT2D eigenvalue weighted by molar-refractivity contribution is 9.10. The molecule has 0 aliphatic carbocycles. The molecule has 0 aromatic heterocycles. The summed E-state index contributed by atoms with van der Waals surface area (Å²) < 4.78 is 6.37. The molecule has 4 nitrogen and oxygen atoms in total. The number of carbonyl (C=O) groups excluding carboxylic acids is 1. The molecule has 5 heteroatoms. The van der Waals surface area contributed by atoms with Crippen molar-refractivity contribution in [2.24, 2.45) is 0 Å². The maximum Gasteiger partial charge on any atom is 0.276 e. The van der Waals surface area contributed by atoms with Crippen LogP contribution in [-0.4, -0.2) is 19.6 Å². The summed E-state index contributed by atoms with van der Waals surface area (Å²) in [6.07, 6.45) is 0. The third kappa shape index (κ3) is 4.28. The summed E-state index contributed by atoms with van der Waals surface area (Å²) in [6.45, 7) is -0.0290. The fraction of sp³-hybridized carbons (Fsp3) is 0.133. The van der Waals surface area contributed by atoms with Crippen molar-refractivity contribution in [2.75, 3.05) is 18.7 Å². The molecular formula is C15H15BrN2O2. The third-order valence-corrected chi connectivity index (χ3v) is 3.15. The van der Waals surface area contributed by atoms with E-state index in [2.05, 4.69) is 21.4 Å². The van der Waals surface area contributed by atoms with Crippen LogP contribution in [0.2, 0.25) is 0 Å². The lowest BCUT2D eigenvalue weighted by atomic mass is 10.3. The Morgan fingerprint density at radius 2 is 1.80 bits per heavy atom. The first-order valence-corrected chi connectivity index (χ1v) is 6.91. The minimum Gasteiger partial charge on any atom is -0.484 e. The Morgan fingerprint density at radius 3 is 2.45 bits per heavy atom. The van der Waals surface area contributed by atoms with Crippen molar-refractivity contribution >= 4 is 27.5 Å². The molecular weight excluding hydrogens is 320 g/mol. The number of benzene rings is 2. The van der Waals surface area contributed by atoms with Gasteiger partial charge in [-0.3, -0.25) is 15.2 Å². The predicted molar refractivity (Wildman–Crippen MR) is 82.6 cm³/mol. The van der Waals surface area contributed by atoms with Crippen LogP contribution in [0.4, 0.5) is 5.69 Å². The molecule has 0 radical (unpaired) electrons. The molecule has 20 heavy (non-hydrogen) atoms. The topological polar surface area (TPSA) is 41.6 Å². The fourth-order valence-corrected chi connectivity index (χ4v) is 1.88. The highest BCUT2D eigenvalue weighted by atomic mass is 79.9. The maximum atomic E-state index is 11.8. The zero-order chi connectivity index (χ0) is 14.4. The minimum atomic E-state index is -0.209. The van der Waals surface area contributed by atoms with E-state index in [4.69, 9.17) is 4.74 Å². The van der Waals surface area contributed by atoms with E-state index in [1.165, 1.54) is 0 Å². The second kappa shape index (κ2) is 6.96. The Balaban J connectivity index is 1.82. The summed E-state index contributed by atoms with van der Waals surface area (Å²) in [6, 6.07) is 16.9. The monoisotopic (exact) mass is 334 g/mol. The van der Waals surface area contributed by atoms with Crippen molar-refractivity contribution in [1.82, 2.24) is 5.43 Å². The molecule has 0 bridgehead atoms. The molecule has 0 aliphatic heterocycles. The van der Waals surface area contributed by atoms with Crippen LogP contribution in [0, 0.1) is 0 Å². The first-order valence-electron chi connectivity index (χ1n) is 6.12. The Bertz CT molecular complexity index is 558. The summed E-state index contributed by atoms with van der Waals surface area (Å²) in [7, 11) is 1.78. The van der Waals surface area contributed by atoms with Gasteiger partial charge < -0.3 is 4.74 Å². The lowest BCUT2D eigenvalue weighted by Gasteiger charge is -2.20. The molecule has 2 aromatic rings. The van der Waals surface area contributed by atoms with Gasteiger partial charge in [-0.15, -0.1) is 0 Å². The molecule has 1 amide bonds. The number of nitrogens with one attached hydrogen (secondary N) is 1. The number of anilines is 1. The maximum absolute atomic E-state index is 11.8. The van der Waals surface area contributed by atoms with Crippen LogP contribution in [0.15, 0.2) is 59.1 Å². The van der Waals surface area contributed by atoms with Crippen LogP contribution in [0.5, 0.6) is 5.75 Å². The Morgan fingerprint density at radius 1 is 1.15 bits per heavy atom. The molecule has 0 spiro atoms. The lowest BCUT2D eigenvalue weighted by Crippen LogP contribution is -2.41. The number of rotatable bonds is 5. The zero-order valence-electron chi connectivity index (χ0n) is 11.0. The van der Waals surface area contributed by atoms with Gasteiger partial charge in [0.25, 0.3) is 5.91 Å². The van der Waals surface area contributed by atoms with Crippen molar-refractivity contribution < 1.29 is 9.53 Å². The van der Waals surface area contributed by atoms with Gasteiger partial charge in [-0.05, 0) is 36.4 Å². The molecule has 0 aliphatic rings. The van der Waals surface area contributed by atoms with Gasteiger partial charge in [0.1, 0.15) is 5.75 Å². The smallest absolute Gasteiger partial charge is 0.276 e. The van der Waals surface area contributed by atoms with Gasteiger partial charge in [-0.25, -0.2) is 0 Å². The summed E-state index contributed by atoms with van der Waals surface area (Å²) in [5, 5.41) is 1.66. The van der Waals surface area contributed by atoms with E-state index in [1.807, 2.05) is 42.5 Å². The largest absolute Gasteiger partial charge is 0.484 e. The molecule has 104 valence electrons. The average Bonchev–Trinajstić information content (AvgIpc) is 2.47. The second-order valence-corrected chi connectivity index (χ2v) is 5.09. The van der Waals surface area contributed by atoms with Gasteiger partial charge in [0.2, 0.25) is 0 Å². The number of para-hydroxylation sites is 1. The normalized spacial score (nSPS) is 9.90. The first kappa shape index (κ1) is 14.4. The van der Waals surface area contributed by atoms with Gasteiger partial charge in [-0.2, -0.15) is 0 Å². The van der Waals surface area contributed by atoms with E-state index in [0.29, 0.717) is 5.75 Å². The number of hydrogen-bond acceptors (Lipinski definition) is 3. The molecule has 0 fully saturated rings. The number of nitrogens with zero attached hydrogens (tertiary/aromatic N) is 1. The first-order chi connectivity index (χ1) is 9.65. The fourth-order valence-electron chi connectivity index (χ4n) is 1.62. The minimum absolute atomic E-state index is 0.0290.